The summed E-state index contributed by atoms with van der Waals surface area (Å²) in [5.41, 5.74) is 0.629. The first-order chi connectivity index (χ1) is 6.74. The van der Waals surface area contributed by atoms with Gasteiger partial charge in [-0.15, -0.1) is 5.10 Å². The highest BCUT2D eigenvalue weighted by atomic mass is 16.5. The molecule has 0 fully saturated rings. The first-order valence-corrected chi connectivity index (χ1v) is 4.27. The van der Waals surface area contributed by atoms with Gasteiger partial charge in [-0.25, -0.2) is 0 Å². The second kappa shape index (κ2) is 3.13. The lowest BCUT2D eigenvalue weighted by Gasteiger charge is -1.97. The molecule has 0 unspecified atom stereocenters. The fourth-order valence-electron chi connectivity index (χ4n) is 1.27. The summed E-state index contributed by atoms with van der Waals surface area (Å²) in [6.07, 6.45) is 0.715. The molecule has 0 saturated heterocycles. The van der Waals surface area contributed by atoms with Gasteiger partial charge in [0.15, 0.2) is 0 Å². The average Bonchev–Trinajstić information content (AvgIpc) is 2.59. The van der Waals surface area contributed by atoms with Crippen LogP contribution in [0.15, 0.2) is 10.9 Å². The van der Waals surface area contributed by atoms with E-state index in [4.69, 9.17) is 4.74 Å². The lowest BCUT2D eigenvalue weighted by Crippen LogP contribution is -2.11. The Morgan fingerprint density at radius 1 is 1.64 bits per heavy atom. The van der Waals surface area contributed by atoms with Crippen molar-refractivity contribution in [2.24, 2.45) is 0 Å². The third kappa shape index (κ3) is 1.24. The van der Waals surface area contributed by atoms with Crippen LogP contribution in [0.1, 0.15) is 12.6 Å². The third-order valence-electron chi connectivity index (χ3n) is 1.94. The van der Waals surface area contributed by atoms with Crippen LogP contribution in [0.5, 0.6) is 6.01 Å². The number of aromatic nitrogens is 4. The van der Waals surface area contributed by atoms with Gasteiger partial charge in [-0.3, -0.25) is 9.78 Å². The number of fused-ring (bicyclic) bond motifs is 1. The molecule has 6 heteroatoms. The van der Waals surface area contributed by atoms with Crippen LogP contribution in [0.3, 0.4) is 0 Å². The highest BCUT2D eigenvalue weighted by Gasteiger charge is 2.07. The van der Waals surface area contributed by atoms with Gasteiger partial charge in [-0.05, 0) is 6.42 Å². The molecule has 6 nitrogen and oxygen atoms in total. The molecule has 14 heavy (non-hydrogen) atoms. The largest absolute Gasteiger partial charge is 0.466 e. The van der Waals surface area contributed by atoms with Crippen molar-refractivity contribution >= 4 is 5.78 Å². The molecule has 0 aliphatic carbocycles. The van der Waals surface area contributed by atoms with Crippen molar-refractivity contribution in [3.05, 3.63) is 22.1 Å². The van der Waals surface area contributed by atoms with Gasteiger partial charge in [0.2, 0.25) is 5.78 Å². The molecule has 0 spiro atoms. The molecular formula is C8H10N4O2. The van der Waals surface area contributed by atoms with Gasteiger partial charge in [-0.1, -0.05) is 6.92 Å². The number of hydrogen-bond acceptors (Lipinski definition) is 4. The fraction of sp³-hybridized carbons (Fsp3) is 0.375. The van der Waals surface area contributed by atoms with E-state index in [1.54, 1.807) is 4.52 Å². The van der Waals surface area contributed by atoms with Crippen LogP contribution in [0.25, 0.3) is 5.78 Å². The van der Waals surface area contributed by atoms with Crippen LogP contribution < -0.4 is 10.3 Å². The average molecular weight is 194 g/mol. The number of ether oxygens (including phenoxy) is 1. The quantitative estimate of drug-likeness (QED) is 0.729. The van der Waals surface area contributed by atoms with Crippen LogP contribution in [-0.2, 0) is 6.42 Å². The Hall–Kier alpha value is -1.85. The maximum absolute atomic E-state index is 11.2. The van der Waals surface area contributed by atoms with Crippen LogP contribution in [0.4, 0.5) is 0 Å². The van der Waals surface area contributed by atoms with E-state index in [2.05, 4.69) is 15.1 Å². The molecule has 74 valence electrons. The summed E-state index contributed by atoms with van der Waals surface area (Å²) in [4.78, 5) is 17.7. The Morgan fingerprint density at radius 3 is 3.07 bits per heavy atom. The Morgan fingerprint density at radius 2 is 2.43 bits per heavy atom. The molecule has 2 aromatic heterocycles. The smallest absolute Gasteiger partial charge is 0.337 e. The van der Waals surface area contributed by atoms with Crippen molar-refractivity contribution in [1.82, 2.24) is 19.6 Å². The van der Waals surface area contributed by atoms with Gasteiger partial charge in [0.05, 0.1) is 12.8 Å². The molecule has 1 N–H and O–H groups in total. The zero-order valence-corrected chi connectivity index (χ0v) is 7.94. The van der Waals surface area contributed by atoms with E-state index in [0.29, 0.717) is 12.2 Å². The Balaban J connectivity index is 2.78. The number of rotatable bonds is 2. The lowest BCUT2D eigenvalue weighted by molar-refractivity contribution is 0.380. The van der Waals surface area contributed by atoms with Gasteiger partial charge < -0.3 is 4.74 Å². The number of methoxy groups -OCH3 is 1. The normalized spacial score (nSPS) is 10.7. The monoisotopic (exact) mass is 194 g/mol. The van der Waals surface area contributed by atoms with E-state index in [1.165, 1.54) is 13.2 Å². The summed E-state index contributed by atoms with van der Waals surface area (Å²) in [6, 6.07) is 1.75. The number of H-pyrrole nitrogens is 1. The van der Waals surface area contributed by atoms with E-state index in [-0.39, 0.29) is 11.6 Å². The zero-order valence-electron chi connectivity index (χ0n) is 7.94. The standard InChI is InChI=1S/C8H10N4O2/c1-3-5-4-6(13)9-7-10-8(14-2)11-12(5)7/h4H,3H2,1-2H3,(H,9,10,11,13). The summed E-state index contributed by atoms with van der Waals surface area (Å²) in [5.74, 6) is 0.409. The molecule has 0 aliphatic rings. The highest BCUT2D eigenvalue weighted by molar-refractivity contribution is 5.29. The van der Waals surface area contributed by atoms with Crippen LogP contribution in [-0.4, -0.2) is 26.7 Å². The van der Waals surface area contributed by atoms with E-state index in [9.17, 15) is 4.79 Å². The van der Waals surface area contributed by atoms with Gasteiger partial charge in [-0.2, -0.15) is 9.50 Å². The maximum atomic E-state index is 11.2. The number of aryl methyl sites for hydroxylation is 1. The van der Waals surface area contributed by atoms with Crippen molar-refractivity contribution in [2.75, 3.05) is 7.11 Å². The molecule has 0 atom stereocenters. The van der Waals surface area contributed by atoms with Crippen molar-refractivity contribution in [2.45, 2.75) is 13.3 Å². The van der Waals surface area contributed by atoms with Crippen molar-refractivity contribution in [3.63, 3.8) is 0 Å². The number of nitrogens with one attached hydrogen (secondary N) is 1. The van der Waals surface area contributed by atoms with E-state index in [0.717, 1.165) is 5.69 Å². The summed E-state index contributed by atoms with van der Waals surface area (Å²) >= 11 is 0. The fourth-order valence-corrected chi connectivity index (χ4v) is 1.27. The zero-order chi connectivity index (χ0) is 10.1. The summed E-state index contributed by atoms with van der Waals surface area (Å²) < 4.78 is 6.44. The minimum absolute atomic E-state index is 0.176. The number of aromatic amines is 1. The lowest BCUT2D eigenvalue weighted by atomic mass is 10.3. The van der Waals surface area contributed by atoms with Crippen LogP contribution >= 0.6 is 0 Å². The summed E-state index contributed by atoms with van der Waals surface area (Å²) in [5, 5.41) is 4.06. The Kier molecular flexibility index (Phi) is 1.95. The molecular weight excluding hydrogens is 184 g/mol. The van der Waals surface area contributed by atoms with Gasteiger partial charge in [0.25, 0.3) is 5.56 Å². The second-order valence-electron chi connectivity index (χ2n) is 2.81. The second-order valence-corrected chi connectivity index (χ2v) is 2.81. The third-order valence-corrected chi connectivity index (χ3v) is 1.94. The van der Waals surface area contributed by atoms with Crippen molar-refractivity contribution in [1.29, 1.82) is 0 Å². The molecule has 0 saturated carbocycles. The van der Waals surface area contributed by atoms with Crippen LogP contribution in [0.2, 0.25) is 0 Å². The Labute approximate surface area is 79.5 Å². The van der Waals surface area contributed by atoms with Gasteiger partial charge >= 0.3 is 6.01 Å². The highest BCUT2D eigenvalue weighted by Crippen LogP contribution is 2.05. The minimum atomic E-state index is -0.176. The maximum Gasteiger partial charge on any atom is 0.337 e. The molecule has 0 radical (unpaired) electrons. The Bertz CT molecular complexity index is 514. The first-order valence-electron chi connectivity index (χ1n) is 4.27. The minimum Gasteiger partial charge on any atom is -0.466 e. The van der Waals surface area contributed by atoms with Gasteiger partial charge in [0.1, 0.15) is 0 Å². The molecule has 2 heterocycles. The topological polar surface area (TPSA) is 72.3 Å². The molecule has 2 aromatic rings. The molecule has 2 rings (SSSR count). The predicted molar refractivity (Wildman–Crippen MR) is 49.5 cm³/mol. The van der Waals surface area contributed by atoms with E-state index >= 15 is 0 Å². The molecule has 0 aromatic carbocycles. The molecule has 0 aliphatic heterocycles. The predicted octanol–water partition coefficient (Wildman–Crippen LogP) is -0.0114. The van der Waals surface area contributed by atoms with E-state index < -0.39 is 0 Å². The summed E-state index contributed by atoms with van der Waals surface area (Å²) in [7, 11) is 1.48. The first kappa shape index (κ1) is 8.74. The van der Waals surface area contributed by atoms with Crippen molar-refractivity contribution < 1.29 is 4.74 Å². The number of hydrogen-bond donors (Lipinski definition) is 1. The summed E-state index contributed by atoms with van der Waals surface area (Å²) in [6.45, 7) is 1.95. The van der Waals surface area contributed by atoms with E-state index in [1.807, 2.05) is 6.92 Å². The van der Waals surface area contributed by atoms with Crippen molar-refractivity contribution in [3.8, 4) is 6.01 Å². The van der Waals surface area contributed by atoms with Gasteiger partial charge in [0, 0.05) is 6.07 Å². The SMILES string of the molecule is CCc1cc(=O)[nH]c2nc(OC)nn12. The molecule has 0 bridgehead atoms. The molecule has 0 amide bonds. The number of nitrogens with zero attached hydrogens (tertiary/aromatic N) is 3. The van der Waals surface area contributed by atoms with Crippen LogP contribution in [0, 0.1) is 0 Å².